The number of benzene rings is 2. The number of carbonyl (C=O) groups excluding carboxylic acids is 1. The van der Waals surface area contributed by atoms with Crippen LogP contribution in [0.15, 0.2) is 60.7 Å². The molecule has 1 aliphatic rings. The number of carbonyl (C=O) groups is 1. The van der Waals surface area contributed by atoms with Crippen LogP contribution < -0.4 is 23.8 Å². The average molecular weight is 477 g/mol. The van der Waals surface area contributed by atoms with Gasteiger partial charge in [-0.2, -0.15) is 0 Å². The fraction of sp³-hybridized carbons (Fsp3) is 0.269. The van der Waals surface area contributed by atoms with Crippen LogP contribution in [0.3, 0.4) is 0 Å². The quantitative estimate of drug-likeness (QED) is 0.456. The minimum Gasteiger partial charge on any atom is -0.493 e. The summed E-state index contributed by atoms with van der Waals surface area (Å²) < 4.78 is 21.8. The zero-order valence-electron chi connectivity index (χ0n) is 20.0. The zero-order valence-corrected chi connectivity index (χ0v) is 20.0. The summed E-state index contributed by atoms with van der Waals surface area (Å²) in [7, 11) is 4.67. The van der Waals surface area contributed by atoms with Gasteiger partial charge in [-0.15, -0.1) is 10.2 Å². The number of nitrogens with zero attached hydrogens (tertiary/aromatic N) is 4. The van der Waals surface area contributed by atoms with Crippen LogP contribution in [0.2, 0.25) is 0 Å². The minimum absolute atomic E-state index is 0.0592. The van der Waals surface area contributed by atoms with Crippen LogP contribution in [0.5, 0.6) is 28.9 Å². The maximum absolute atomic E-state index is 12.8. The lowest BCUT2D eigenvalue weighted by Crippen LogP contribution is -2.48. The highest BCUT2D eigenvalue weighted by Crippen LogP contribution is 2.38. The number of methoxy groups -OCH3 is 3. The Labute approximate surface area is 204 Å². The van der Waals surface area contributed by atoms with Crippen LogP contribution in [-0.2, 0) is 4.79 Å². The Morgan fingerprint density at radius 2 is 1.54 bits per heavy atom. The summed E-state index contributed by atoms with van der Waals surface area (Å²) in [6.07, 6.45) is 3.31. The first-order chi connectivity index (χ1) is 17.1. The van der Waals surface area contributed by atoms with Crippen molar-refractivity contribution in [2.24, 2.45) is 0 Å². The molecule has 0 unspecified atom stereocenters. The highest BCUT2D eigenvalue weighted by Gasteiger charge is 2.21. The van der Waals surface area contributed by atoms with Crippen molar-refractivity contribution in [2.75, 3.05) is 52.4 Å². The minimum atomic E-state index is -0.0592. The number of hydrogen-bond donors (Lipinski definition) is 0. The Hall–Kier alpha value is -4.27. The molecule has 4 rings (SSSR count). The zero-order chi connectivity index (χ0) is 24.6. The molecule has 9 nitrogen and oxygen atoms in total. The third kappa shape index (κ3) is 5.81. The molecule has 1 aliphatic heterocycles. The van der Waals surface area contributed by atoms with Gasteiger partial charge in [-0.25, -0.2) is 0 Å². The summed E-state index contributed by atoms with van der Waals surface area (Å²) in [5.74, 6) is 3.42. The number of aromatic nitrogens is 2. The largest absolute Gasteiger partial charge is 0.493 e. The van der Waals surface area contributed by atoms with Crippen LogP contribution in [-0.4, -0.2) is 68.5 Å². The first-order valence-electron chi connectivity index (χ1n) is 11.2. The van der Waals surface area contributed by atoms with Gasteiger partial charge in [0, 0.05) is 38.3 Å². The van der Waals surface area contributed by atoms with Gasteiger partial charge >= 0.3 is 0 Å². The molecule has 0 atom stereocenters. The normalized spacial score (nSPS) is 13.6. The van der Waals surface area contributed by atoms with Crippen molar-refractivity contribution in [1.29, 1.82) is 0 Å². The summed E-state index contributed by atoms with van der Waals surface area (Å²) in [5.41, 5.74) is 0.777. The number of anilines is 1. The SMILES string of the molecule is COc1cc(/C=C/C(=O)N2CCN(c3ccc(Oc4ccccc4)nn3)CC2)cc(OC)c1OC. The van der Waals surface area contributed by atoms with Gasteiger partial charge in [0.1, 0.15) is 5.75 Å². The van der Waals surface area contributed by atoms with E-state index in [4.69, 9.17) is 18.9 Å². The highest BCUT2D eigenvalue weighted by molar-refractivity contribution is 5.92. The molecular weight excluding hydrogens is 448 g/mol. The summed E-state index contributed by atoms with van der Waals surface area (Å²) in [6.45, 7) is 2.50. The Morgan fingerprint density at radius 3 is 2.11 bits per heavy atom. The number of ether oxygens (including phenoxy) is 4. The van der Waals surface area contributed by atoms with Crippen molar-refractivity contribution in [3.8, 4) is 28.9 Å². The lowest BCUT2D eigenvalue weighted by atomic mass is 10.1. The average Bonchev–Trinajstić information content (AvgIpc) is 2.92. The number of hydrogen-bond acceptors (Lipinski definition) is 8. The van der Waals surface area contributed by atoms with E-state index >= 15 is 0 Å². The van der Waals surface area contributed by atoms with Crippen molar-refractivity contribution < 1.29 is 23.7 Å². The monoisotopic (exact) mass is 476 g/mol. The summed E-state index contributed by atoms with van der Waals surface area (Å²) in [4.78, 5) is 16.7. The van der Waals surface area contributed by atoms with Crippen molar-refractivity contribution in [3.63, 3.8) is 0 Å². The van der Waals surface area contributed by atoms with Gasteiger partial charge in [0.25, 0.3) is 0 Å². The summed E-state index contributed by atoms with van der Waals surface area (Å²) in [6, 6.07) is 16.7. The lowest BCUT2D eigenvalue weighted by Gasteiger charge is -2.34. The fourth-order valence-electron chi connectivity index (χ4n) is 3.77. The lowest BCUT2D eigenvalue weighted by molar-refractivity contribution is -0.126. The molecule has 1 amide bonds. The molecule has 1 saturated heterocycles. The number of para-hydroxylation sites is 1. The van der Waals surface area contributed by atoms with E-state index in [1.165, 1.54) is 0 Å². The van der Waals surface area contributed by atoms with Gasteiger partial charge in [0.05, 0.1) is 21.3 Å². The molecule has 0 saturated carbocycles. The van der Waals surface area contributed by atoms with Gasteiger partial charge in [0.15, 0.2) is 17.3 Å². The van der Waals surface area contributed by atoms with Crippen LogP contribution >= 0.6 is 0 Å². The Bertz CT molecular complexity index is 1140. The number of amides is 1. The molecule has 182 valence electrons. The molecule has 3 aromatic rings. The van der Waals surface area contributed by atoms with Gasteiger partial charge in [-0.1, -0.05) is 18.2 Å². The Balaban J connectivity index is 1.33. The first-order valence-corrected chi connectivity index (χ1v) is 11.2. The maximum atomic E-state index is 12.8. The van der Waals surface area contributed by atoms with Crippen molar-refractivity contribution in [2.45, 2.75) is 0 Å². The Kier molecular flexibility index (Phi) is 7.67. The van der Waals surface area contributed by atoms with Crippen molar-refractivity contribution in [3.05, 3.63) is 66.2 Å². The van der Waals surface area contributed by atoms with Gasteiger partial charge in [-0.3, -0.25) is 4.79 Å². The fourth-order valence-corrected chi connectivity index (χ4v) is 3.77. The predicted octanol–water partition coefficient (Wildman–Crippen LogP) is 3.66. The number of rotatable bonds is 8. The van der Waals surface area contributed by atoms with Gasteiger partial charge in [-0.05, 0) is 42.0 Å². The molecule has 2 aromatic carbocycles. The molecule has 0 radical (unpaired) electrons. The first kappa shape index (κ1) is 23.9. The van der Waals surface area contributed by atoms with E-state index < -0.39 is 0 Å². The third-order valence-corrected chi connectivity index (χ3v) is 5.61. The van der Waals surface area contributed by atoms with Crippen LogP contribution in [0.25, 0.3) is 6.08 Å². The number of piperazine rings is 1. The second-order valence-electron chi connectivity index (χ2n) is 7.75. The molecule has 1 fully saturated rings. The maximum Gasteiger partial charge on any atom is 0.246 e. The molecule has 0 N–H and O–H groups in total. The molecule has 35 heavy (non-hydrogen) atoms. The molecule has 0 aliphatic carbocycles. The van der Waals surface area contributed by atoms with Crippen molar-refractivity contribution in [1.82, 2.24) is 15.1 Å². The van der Waals surface area contributed by atoms with E-state index in [0.29, 0.717) is 55.1 Å². The third-order valence-electron chi connectivity index (χ3n) is 5.61. The van der Waals surface area contributed by atoms with E-state index in [1.54, 1.807) is 51.7 Å². The highest BCUT2D eigenvalue weighted by atomic mass is 16.5. The van der Waals surface area contributed by atoms with Crippen molar-refractivity contribution >= 4 is 17.8 Å². The molecule has 0 spiro atoms. The molecule has 1 aromatic heterocycles. The van der Waals surface area contributed by atoms with Gasteiger partial charge in [0.2, 0.25) is 17.5 Å². The predicted molar refractivity (Wildman–Crippen MR) is 132 cm³/mol. The van der Waals surface area contributed by atoms with Crippen LogP contribution in [0, 0.1) is 0 Å². The molecule has 0 bridgehead atoms. The Morgan fingerprint density at radius 1 is 0.857 bits per heavy atom. The molecule has 9 heteroatoms. The van der Waals surface area contributed by atoms with E-state index in [2.05, 4.69) is 15.1 Å². The van der Waals surface area contributed by atoms with E-state index in [-0.39, 0.29) is 5.91 Å². The van der Waals surface area contributed by atoms with Gasteiger partial charge < -0.3 is 28.7 Å². The molecular formula is C26H28N4O5. The standard InChI is InChI=1S/C26H28N4O5/c1-32-21-17-19(18-22(33-2)26(21)34-3)9-12-25(31)30-15-13-29(14-16-30)23-10-11-24(28-27-23)35-20-7-5-4-6-8-20/h4-12,17-18H,13-16H2,1-3H3/b12-9+. The van der Waals surface area contributed by atoms with E-state index in [1.807, 2.05) is 41.3 Å². The second kappa shape index (κ2) is 11.2. The second-order valence-corrected chi connectivity index (χ2v) is 7.75. The van der Waals surface area contributed by atoms with Crippen LogP contribution in [0.1, 0.15) is 5.56 Å². The van der Waals surface area contributed by atoms with E-state index in [9.17, 15) is 4.79 Å². The van der Waals surface area contributed by atoms with Crippen LogP contribution in [0.4, 0.5) is 5.82 Å². The summed E-state index contributed by atoms with van der Waals surface area (Å²) >= 11 is 0. The summed E-state index contributed by atoms with van der Waals surface area (Å²) in [5, 5.41) is 8.46. The van der Waals surface area contributed by atoms with E-state index in [0.717, 1.165) is 11.4 Å². The molecule has 2 heterocycles. The smallest absolute Gasteiger partial charge is 0.246 e. The topological polar surface area (TPSA) is 86.3 Å².